The number of hydrogen-bond donors (Lipinski definition) is 1. The van der Waals surface area contributed by atoms with Gasteiger partial charge >= 0.3 is 12.6 Å². The third-order valence-corrected chi connectivity index (χ3v) is 3.82. The highest BCUT2D eigenvalue weighted by Crippen LogP contribution is 2.29. The van der Waals surface area contributed by atoms with E-state index in [2.05, 4.69) is 15.0 Å². The maximum atomic E-state index is 12.3. The van der Waals surface area contributed by atoms with Crippen LogP contribution in [0.3, 0.4) is 0 Å². The van der Waals surface area contributed by atoms with Gasteiger partial charge in [0.25, 0.3) is 0 Å². The molecule has 0 spiro atoms. The number of carbonyl (C=O) groups is 2. The van der Waals surface area contributed by atoms with Gasteiger partial charge in [0.05, 0.1) is 12.8 Å². The zero-order valence-corrected chi connectivity index (χ0v) is 15.2. The Bertz CT molecular complexity index is 838. The number of hydrogen-bond acceptors (Lipinski definition) is 7. The Hall–Kier alpha value is -3.01. The summed E-state index contributed by atoms with van der Waals surface area (Å²) in [6.07, 6.45) is 2.63. The topological polar surface area (TPSA) is 86.8 Å². The van der Waals surface area contributed by atoms with Crippen LogP contribution in [0.2, 0.25) is 0 Å². The van der Waals surface area contributed by atoms with Gasteiger partial charge in [0.2, 0.25) is 5.91 Å². The summed E-state index contributed by atoms with van der Waals surface area (Å²) in [5, 5.41) is 4.61. The molecule has 2 aromatic rings. The maximum Gasteiger partial charge on any atom is 0.387 e. The molecule has 1 aromatic heterocycles. The van der Waals surface area contributed by atoms with Crippen molar-refractivity contribution in [2.45, 2.75) is 20.1 Å². The minimum Gasteiger partial charge on any atom is -0.493 e. The number of aromatic nitrogens is 1. The molecular weight excluding hydrogens is 382 g/mol. The van der Waals surface area contributed by atoms with Gasteiger partial charge in [0.15, 0.2) is 16.6 Å². The zero-order chi connectivity index (χ0) is 19.8. The molecule has 1 aromatic carbocycles. The second-order valence-corrected chi connectivity index (χ2v) is 5.91. The number of rotatable bonds is 8. The van der Waals surface area contributed by atoms with E-state index in [1.54, 1.807) is 5.38 Å². The average Bonchev–Trinajstić information content (AvgIpc) is 3.05. The number of esters is 1. The van der Waals surface area contributed by atoms with E-state index in [-0.39, 0.29) is 24.0 Å². The van der Waals surface area contributed by atoms with Gasteiger partial charge in [-0.1, -0.05) is 6.07 Å². The Labute approximate surface area is 157 Å². The van der Waals surface area contributed by atoms with Crippen LogP contribution in [0.25, 0.3) is 6.08 Å². The lowest BCUT2D eigenvalue weighted by molar-refractivity contribution is -0.139. The van der Waals surface area contributed by atoms with E-state index >= 15 is 0 Å². The summed E-state index contributed by atoms with van der Waals surface area (Å²) >= 11 is 1.22. The molecular formula is C17H16F2N2O5S. The quantitative estimate of drug-likeness (QED) is 0.541. The molecule has 27 heavy (non-hydrogen) atoms. The largest absolute Gasteiger partial charge is 0.493 e. The van der Waals surface area contributed by atoms with Gasteiger partial charge in [-0.2, -0.15) is 8.78 Å². The number of methoxy groups -OCH3 is 1. The summed E-state index contributed by atoms with van der Waals surface area (Å²) in [7, 11) is 1.32. The minimum absolute atomic E-state index is 0.0518. The number of benzene rings is 1. The molecule has 0 aliphatic carbocycles. The van der Waals surface area contributed by atoms with E-state index in [1.807, 2.05) is 0 Å². The number of thiazole rings is 1. The van der Waals surface area contributed by atoms with Gasteiger partial charge in [0.1, 0.15) is 6.61 Å². The second kappa shape index (κ2) is 9.62. The first kappa shape index (κ1) is 20.3. The van der Waals surface area contributed by atoms with E-state index in [9.17, 15) is 18.4 Å². The van der Waals surface area contributed by atoms with Crippen molar-refractivity contribution in [1.82, 2.24) is 4.98 Å². The second-order valence-electron chi connectivity index (χ2n) is 5.06. The molecule has 2 rings (SSSR count). The molecule has 1 N–H and O–H groups in total. The van der Waals surface area contributed by atoms with E-state index in [0.717, 1.165) is 0 Å². The average molecular weight is 398 g/mol. The van der Waals surface area contributed by atoms with Crippen LogP contribution < -0.4 is 14.8 Å². The van der Waals surface area contributed by atoms with Crippen molar-refractivity contribution in [1.29, 1.82) is 0 Å². The molecule has 0 aliphatic heterocycles. The predicted molar refractivity (Wildman–Crippen MR) is 94.9 cm³/mol. The van der Waals surface area contributed by atoms with Gasteiger partial charge in [-0.25, -0.2) is 9.78 Å². The summed E-state index contributed by atoms with van der Waals surface area (Å²) < 4.78 is 39.0. The van der Waals surface area contributed by atoms with E-state index < -0.39 is 12.6 Å². The van der Waals surface area contributed by atoms with Gasteiger partial charge in [-0.05, 0) is 23.8 Å². The standard InChI is InChI=1S/C17H16F2N2O5S/c1-10(22)20-17-21-12(9-27-17)8-25-15(23)6-4-11-3-5-13(26-16(18)19)14(7-11)24-2/h3-7,9,16H,8H2,1-2H3,(H,20,21,22)/b6-4+. The van der Waals surface area contributed by atoms with Crippen LogP contribution in [0.1, 0.15) is 18.2 Å². The normalized spacial score (nSPS) is 10.9. The molecule has 0 saturated heterocycles. The SMILES string of the molecule is COc1cc(/C=C/C(=O)OCc2csc(NC(C)=O)n2)ccc1OC(F)F. The van der Waals surface area contributed by atoms with Crippen LogP contribution in [0, 0.1) is 0 Å². The minimum atomic E-state index is -2.97. The monoisotopic (exact) mass is 398 g/mol. The van der Waals surface area contributed by atoms with Crippen molar-refractivity contribution in [3.63, 3.8) is 0 Å². The molecule has 0 bridgehead atoms. The lowest BCUT2D eigenvalue weighted by Crippen LogP contribution is -2.06. The fourth-order valence-electron chi connectivity index (χ4n) is 1.92. The number of nitrogens with zero attached hydrogens (tertiary/aromatic N) is 1. The van der Waals surface area contributed by atoms with Crippen molar-refractivity contribution in [3.8, 4) is 11.5 Å². The molecule has 0 fully saturated rings. The first-order valence-corrected chi connectivity index (χ1v) is 8.45. The Kier molecular flexibility index (Phi) is 7.24. The molecule has 0 saturated carbocycles. The molecule has 1 amide bonds. The Morgan fingerprint density at radius 1 is 1.33 bits per heavy atom. The molecule has 0 atom stereocenters. The van der Waals surface area contributed by atoms with Gasteiger partial charge in [-0.3, -0.25) is 4.79 Å². The summed E-state index contributed by atoms with van der Waals surface area (Å²) in [6, 6.07) is 4.25. The number of carbonyl (C=O) groups excluding carboxylic acids is 2. The van der Waals surface area contributed by atoms with Gasteiger partial charge < -0.3 is 19.5 Å². The fourth-order valence-corrected chi connectivity index (χ4v) is 2.66. The van der Waals surface area contributed by atoms with Crippen LogP contribution in [0.15, 0.2) is 29.7 Å². The van der Waals surface area contributed by atoms with Gasteiger partial charge in [-0.15, -0.1) is 11.3 Å². The number of halogens is 2. The molecule has 10 heteroatoms. The third kappa shape index (κ3) is 6.66. The number of ether oxygens (including phenoxy) is 3. The van der Waals surface area contributed by atoms with Gasteiger partial charge in [0, 0.05) is 18.4 Å². The lowest BCUT2D eigenvalue weighted by Gasteiger charge is -2.10. The van der Waals surface area contributed by atoms with Crippen LogP contribution in [-0.4, -0.2) is 30.6 Å². The summed E-state index contributed by atoms with van der Waals surface area (Å²) in [4.78, 5) is 26.8. The highest BCUT2D eigenvalue weighted by Gasteiger charge is 2.10. The molecule has 144 valence electrons. The predicted octanol–water partition coefficient (Wildman–Crippen LogP) is 3.47. The van der Waals surface area contributed by atoms with Crippen molar-refractivity contribution in [3.05, 3.63) is 40.9 Å². The molecule has 1 heterocycles. The first-order chi connectivity index (χ1) is 12.9. The lowest BCUT2D eigenvalue weighted by atomic mass is 10.2. The number of alkyl halides is 2. The van der Waals surface area contributed by atoms with E-state index in [0.29, 0.717) is 16.4 Å². The Morgan fingerprint density at radius 3 is 2.78 bits per heavy atom. The van der Waals surface area contributed by atoms with E-state index in [4.69, 9.17) is 9.47 Å². The number of amides is 1. The Balaban J connectivity index is 1.92. The van der Waals surface area contributed by atoms with Crippen molar-refractivity contribution < 1.29 is 32.6 Å². The number of anilines is 1. The molecule has 0 aliphatic rings. The Morgan fingerprint density at radius 2 is 2.11 bits per heavy atom. The highest BCUT2D eigenvalue weighted by atomic mass is 32.1. The fraction of sp³-hybridized carbons (Fsp3) is 0.235. The van der Waals surface area contributed by atoms with Crippen molar-refractivity contribution in [2.75, 3.05) is 12.4 Å². The third-order valence-electron chi connectivity index (χ3n) is 3.01. The molecule has 7 nitrogen and oxygen atoms in total. The maximum absolute atomic E-state index is 12.3. The molecule has 0 radical (unpaired) electrons. The van der Waals surface area contributed by atoms with Crippen LogP contribution in [0.4, 0.5) is 13.9 Å². The summed E-state index contributed by atoms with van der Waals surface area (Å²) in [6.45, 7) is -1.65. The van der Waals surface area contributed by atoms with Crippen molar-refractivity contribution in [2.24, 2.45) is 0 Å². The highest BCUT2D eigenvalue weighted by molar-refractivity contribution is 7.13. The van der Waals surface area contributed by atoms with E-state index in [1.165, 1.54) is 55.7 Å². The number of nitrogens with one attached hydrogen (secondary N) is 1. The van der Waals surface area contributed by atoms with Crippen molar-refractivity contribution >= 4 is 34.4 Å². The molecule has 0 unspecified atom stereocenters. The smallest absolute Gasteiger partial charge is 0.387 e. The first-order valence-electron chi connectivity index (χ1n) is 7.57. The van der Waals surface area contributed by atoms with Crippen LogP contribution in [-0.2, 0) is 20.9 Å². The van der Waals surface area contributed by atoms with Crippen LogP contribution in [0.5, 0.6) is 11.5 Å². The zero-order valence-electron chi connectivity index (χ0n) is 14.4. The summed E-state index contributed by atoms with van der Waals surface area (Å²) in [5.41, 5.74) is 1.03. The van der Waals surface area contributed by atoms with Crippen LogP contribution >= 0.6 is 11.3 Å². The summed E-state index contributed by atoms with van der Waals surface area (Å²) in [5.74, 6) is -0.850.